The lowest BCUT2D eigenvalue weighted by Gasteiger charge is -2.16. The highest BCUT2D eigenvalue weighted by atomic mass is 32.2. The van der Waals surface area contributed by atoms with Crippen LogP contribution < -0.4 is 15.2 Å². The first-order valence-electron chi connectivity index (χ1n) is 5.21. The van der Waals surface area contributed by atoms with Crippen molar-refractivity contribution in [3.05, 3.63) is 29.8 Å². The maximum Gasteiger partial charge on any atom is 0.219 e. The van der Waals surface area contributed by atoms with Crippen LogP contribution in [-0.2, 0) is 14.8 Å². The molecule has 3 N–H and O–H groups in total. The van der Waals surface area contributed by atoms with Gasteiger partial charge in [-0.05, 0) is 17.7 Å². The maximum absolute atomic E-state index is 11.2. The van der Waals surface area contributed by atoms with Gasteiger partial charge >= 0.3 is 0 Å². The summed E-state index contributed by atoms with van der Waals surface area (Å²) in [7, 11) is -1.89. The molecular formula is C11H16N2O4S. The SMILES string of the molecule is COc1ccc(C(CC(N)=O)NS(C)(=O)=O)cc1. The minimum Gasteiger partial charge on any atom is -0.497 e. The first-order valence-corrected chi connectivity index (χ1v) is 7.10. The molecule has 0 saturated carbocycles. The number of nitrogens with one attached hydrogen (secondary N) is 1. The molecule has 0 aromatic heterocycles. The highest BCUT2D eigenvalue weighted by Gasteiger charge is 2.18. The highest BCUT2D eigenvalue weighted by Crippen LogP contribution is 2.20. The van der Waals surface area contributed by atoms with Gasteiger partial charge < -0.3 is 10.5 Å². The topological polar surface area (TPSA) is 98.5 Å². The Bertz CT molecular complexity index is 510. The minimum absolute atomic E-state index is 0.0978. The predicted molar refractivity (Wildman–Crippen MR) is 67.5 cm³/mol. The van der Waals surface area contributed by atoms with E-state index in [1.54, 1.807) is 24.3 Å². The van der Waals surface area contributed by atoms with E-state index in [4.69, 9.17) is 10.5 Å². The second-order valence-electron chi connectivity index (χ2n) is 3.89. The number of methoxy groups -OCH3 is 1. The largest absolute Gasteiger partial charge is 0.497 e. The summed E-state index contributed by atoms with van der Waals surface area (Å²) < 4.78 is 29.8. The first kappa shape index (κ1) is 14.5. The third-order valence-electron chi connectivity index (χ3n) is 2.28. The number of carbonyl (C=O) groups is 1. The molecule has 1 unspecified atom stereocenters. The molecule has 1 aromatic rings. The van der Waals surface area contributed by atoms with E-state index in [0.717, 1.165) is 6.26 Å². The summed E-state index contributed by atoms with van der Waals surface area (Å²) in [5, 5.41) is 0. The fourth-order valence-corrected chi connectivity index (χ4v) is 2.26. The van der Waals surface area contributed by atoms with E-state index < -0.39 is 22.0 Å². The lowest BCUT2D eigenvalue weighted by atomic mass is 10.0. The first-order chi connectivity index (χ1) is 8.31. The summed E-state index contributed by atoms with van der Waals surface area (Å²) in [6, 6.07) is 6.08. The molecule has 0 radical (unpaired) electrons. The molecule has 100 valence electrons. The van der Waals surface area contributed by atoms with Crippen molar-refractivity contribution < 1.29 is 17.9 Å². The average molecular weight is 272 g/mol. The standard InChI is InChI=1S/C11H16N2O4S/c1-17-9-5-3-8(4-6-9)10(7-11(12)14)13-18(2,15)16/h3-6,10,13H,7H2,1-2H3,(H2,12,14). The number of sulfonamides is 1. The Morgan fingerprint density at radius 2 is 1.94 bits per heavy atom. The molecule has 0 bridgehead atoms. The number of carbonyl (C=O) groups excluding carboxylic acids is 1. The monoisotopic (exact) mass is 272 g/mol. The summed E-state index contributed by atoms with van der Waals surface area (Å²) >= 11 is 0. The number of benzene rings is 1. The van der Waals surface area contributed by atoms with E-state index in [0.29, 0.717) is 11.3 Å². The number of ether oxygens (including phenoxy) is 1. The van der Waals surface area contributed by atoms with Crippen LogP contribution in [0.1, 0.15) is 18.0 Å². The summed E-state index contributed by atoms with van der Waals surface area (Å²) in [4.78, 5) is 11.0. The van der Waals surface area contributed by atoms with Crippen molar-refractivity contribution in [3.63, 3.8) is 0 Å². The molecule has 1 rings (SSSR count). The van der Waals surface area contributed by atoms with Crippen LogP contribution in [0.25, 0.3) is 0 Å². The van der Waals surface area contributed by atoms with Gasteiger partial charge in [0.05, 0.1) is 19.4 Å². The molecule has 0 heterocycles. The van der Waals surface area contributed by atoms with Crippen molar-refractivity contribution >= 4 is 15.9 Å². The zero-order valence-corrected chi connectivity index (χ0v) is 11.0. The molecule has 0 aliphatic rings. The van der Waals surface area contributed by atoms with Crippen molar-refractivity contribution in [2.45, 2.75) is 12.5 Å². The fourth-order valence-electron chi connectivity index (χ4n) is 1.52. The van der Waals surface area contributed by atoms with Crippen LogP contribution in [0, 0.1) is 0 Å². The smallest absolute Gasteiger partial charge is 0.219 e. The van der Waals surface area contributed by atoms with Gasteiger partial charge in [-0.25, -0.2) is 13.1 Å². The Kier molecular flexibility index (Phi) is 4.69. The molecule has 1 amide bonds. The van der Waals surface area contributed by atoms with Gasteiger partial charge in [0.15, 0.2) is 0 Å². The Hall–Kier alpha value is -1.60. The Balaban J connectivity index is 2.97. The zero-order valence-electron chi connectivity index (χ0n) is 10.2. The third-order valence-corrected chi connectivity index (χ3v) is 2.99. The van der Waals surface area contributed by atoms with E-state index in [-0.39, 0.29) is 6.42 Å². The van der Waals surface area contributed by atoms with Crippen LogP contribution in [0.4, 0.5) is 0 Å². The molecule has 6 nitrogen and oxygen atoms in total. The fraction of sp³-hybridized carbons (Fsp3) is 0.364. The molecular weight excluding hydrogens is 256 g/mol. The Morgan fingerprint density at radius 1 is 1.39 bits per heavy atom. The second-order valence-corrected chi connectivity index (χ2v) is 5.67. The number of rotatable bonds is 6. The van der Waals surface area contributed by atoms with Crippen molar-refractivity contribution in [1.29, 1.82) is 0 Å². The van der Waals surface area contributed by atoms with Gasteiger partial charge in [-0.15, -0.1) is 0 Å². The molecule has 0 aliphatic carbocycles. The van der Waals surface area contributed by atoms with Crippen molar-refractivity contribution in [2.24, 2.45) is 5.73 Å². The zero-order chi connectivity index (χ0) is 13.8. The lowest BCUT2D eigenvalue weighted by molar-refractivity contribution is -0.118. The Morgan fingerprint density at radius 3 is 2.33 bits per heavy atom. The highest BCUT2D eigenvalue weighted by molar-refractivity contribution is 7.88. The van der Waals surface area contributed by atoms with E-state index in [2.05, 4.69) is 4.72 Å². The normalized spacial score (nSPS) is 13.0. The molecule has 0 saturated heterocycles. The van der Waals surface area contributed by atoms with Crippen LogP contribution in [0.5, 0.6) is 5.75 Å². The van der Waals surface area contributed by atoms with E-state index >= 15 is 0 Å². The molecule has 0 spiro atoms. The van der Waals surface area contributed by atoms with Gasteiger partial charge in [0.2, 0.25) is 15.9 Å². The quantitative estimate of drug-likeness (QED) is 0.770. The predicted octanol–water partition coefficient (Wildman–Crippen LogP) is 0.161. The number of nitrogens with two attached hydrogens (primary N) is 1. The van der Waals surface area contributed by atoms with Crippen LogP contribution in [-0.4, -0.2) is 27.7 Å². The summed E-state index contributed by atoms with van der Waals surface area (Å²) in [5.41, 5.74) is 5.76. The second kappa shape index (κ2) is 5.83. The van der Waals surface area contributed by atoms with Crippen LogP contribution in [0.3, 0.4) is 0 Å². The summed E-state index contributed by atoms with van der Waals surface area (Å²) in [5.74, 6) is 0.0721. The number of hydrogen-bond donors (Lipinski definition) is 2. The molecule has 0 aliphatic heterocycles. The lowest BCUT2D eigenvalue weighted by Crippen LogP contribution is -2.30. The number of primary amides is 1. The van der Waals surface area contributed by atoms with Gasteiger partial charge in [0.1, 0.15) is 5.75 Å². The van der Waals surface area contributed by atoms with Crippen molar-refractivity contribution in [2.75, 3.05) is 13.4 Å². The summed E-state index contributed by atoms with van der Waals surface area (Å²) in [6.07, 6.45) is 0.934. The van der Waals surface area contributed by atoms with E-state index in [1.165, 1.54) is 7.11 Å². The van der Waals surface area contributed by atoms with E-state index in [9.17, 15) is 13.2 Å². The summed E-state index contributed by atoms with van der Waals surface area (Å²) in [6.45, 7) is 0. The van der Waals surface area contributed by atoms with Gasteiger partial charge in [-0.3, -0.25) is 4.79 Å². The van der Waals surface area contributed by atoms with Gasteiger partial charge in [0.25, 0.3) is 0 Å². The van der Waals surface area contributed by atoms with Crippen molar-refractivity contribution in [1.82, 2.24) is 4.72 Å². The third kappa shape index (κ3) is 4.72. The number of hydrogen-bond acceptors (Lipinski definition) is 4. The van der Waals surface area contributed by atoms with Gasteiger partial charge in [-0.2, -0.15) is 0 Å². The maximum atomic E-state index is 11.2. The number of amides is 1. The molecule has 1 atom stereocenters. The molecule has 0 fully saturated rings. The van der Waals surface area contributed by atoms with Crippen LogP contribution in [0.15, 0.2) is 24.3 Å². The van der Waals surface area contributed by atoms with Gasteiger partial charge in [0, 0.05) is 6.42 Å². The minimum atomic E-state index is -3.42. The van der Waals surface area contributed by atoms with E-state index in [1.807, 2.05) is 0 Å². The van der Waals surface area contributed by atoms with Crippen LogP contribution >= 0.6 is 0 Å². The molecule has 18 heavy (non-hydrogen) atoms. The molecule has 7 heteroatoms. The van der Waals surface area contributed by atoms with Gasteiger partial charge in [-0.1, -0.05) is 12.1 Å². The van der Waals surface area contributed by atoms with Crippen LogP contribution in [0.2, 0.25) is 0 Å². The molecule has 1 aromatic carbocycles. The average Bonchev–Trinajstić information content (AvgIpc) is 2.26. The van der Waals surface area contributed by atoms with Crippen molar-refractivity contribution in [3.8, 4) is 5.75 Å². The Labute approximate surface area is 106 Å².